The molecule has 6 N–H and O–H groups in total. The normalized spacial score (nSPS) is 14.6. The van der Waals surface area contributed by atoms with Crippen LogP contribution in [-0.2, 0) is 30.1 Å². The monoisotopic (exact) mass is 717 g/mol. The van der Waals surface area contributed by atoms with Crippen molar-refractivity contribution in [3.63, 3.8) is 0 Å². The van der Waals surface area contributed by atoms with Crippen LogP contribution in [0.25, 0.3) is 5.57 Å². The van der Waals surface area contributed by atoms with E-state index >= 15 is 0 Å². The zero-order valence-electron chi connectivity index (χ0n) is 26.9. The average Bonchev–Trinajstić information content (AvgIpc) is 2.95. The van der Waals surface area contributed by atoms with Gasteiger partial charge in [0.05, 0.1) is 15.4 Å². The van der Waals surface area contributed by atoms with E-state index in [4.69, 9.17) is 15.4 Å². The summed E-state index contributed by atoms with van der Waals surface area (Å²) in [6.45, 7) is 15.3. The smallest absolute Gasteiger partial charge is 0.234 e. The lowest BCUT2D eigenvalue weighted by Crippen LogP contribution is -2.31. The maximum atomic E-state index is 11.1. The molecular weight excluding hydrogens is 667 g/mol. The van der Waals surface area contributed by atoms with Crippen LogP contribution < -0.4 is 15.4 Å². The molecule has 0 aliphatic carbocycles. The minimum atomic E-state index is -3.66. The fourth-order valence-electron chi connectivity index (χ4n) is 3.22. The van der Waals surface area contributed by atoms with Crippen molar-refractivity contribution in [1.82, 2.24) is 29.9 Å². The molecule has 0 aromatic carbocycles. The SMILES string of the molecule is C.C.C/C(=C(\C)S(N)(=O)=O)c1ncc(C)cn1.Cc1cnc([C@@H](C)[C@@H](C)S(N)(=O)=O)nc1.Cc1cnc([C@H](C)[C@H](C)S(N)(=O)=O)nc1. The highest BCUT2D eigenvalue weighted by atomic mass is 32.2. The predicted octanol–water partition coefficient (Wildman–Crippen LogP) is 3.23. The Morgan fingerprint density at radius 3 is 1.04 bits per heavy atom. The summed E-state index contributed by atoms with van der Waals surface area (Å²) in [4.78, 5) is 24.5. The lowest BCUT2D eigenvalue weighted by atomic mass is 10.1. The van der Waals surface area contributed by atoms with Gasteiger partial charge in [0.1, 0.15) is 11.6 Å². The molecule has 0 saturated carbocycles. The van der Waals surface area contributed by atoms with Gasteiger partial charge in [0.25, 0.3) is 0 Å². The van der Waals surface area contributed by atoms with E-state index in [1.165, 1.54) is 6.92 Å². The molecule has 0 aliphatic heterocycles. The van der Waals surface area contributed by atoms with Crippen LogP contribution >= 0.6 is 0 Å². The first-order valence-electron chi connectivity index (χ1n) is 13.6. The number of sulfonamides is 3. The van der Waals surface area contributed by atoms with E-state index in [9.17, 15) is 25.3 Å². The minimum absolute atomic E-state index is 0. The minimum Gasteiger partial charge on any atom is -0.241 e. The number of hydrogen-bond acceptors (Lipinski definition) is 12. The van der Waals surface area contributed by atoms with Crippen molar-refractivity contribution in [3.8, 4) is 0 Å². The van der Waals surface area contributed by atoms with Crippen molar-refractivity contribution in [1.29, 1.82) is 0 Å². The third-order valence-corrected chi connectivity index (χ3v) is 11.0. The quantitative estimate of drug-likeness (QED) is 0.303. The summed E-state index contributed by atoms with van der Waals surface area (Å²) in [6, 6.07) is 0. The Labute approximate surface area is 281 Å². The van der Waals surface area contributed by atoms with Crippen LogP contribution in [0.15, 0.2) is 42.1 Å². The number of primary sulfonamides is 3. The van der Waals surface area contributed by atoms with E-state index in [-0.39, 0.29) is 31.6 Å². The van der Waals surface area contributed by atoms with Crippen LogP contribution in [0, 0.1) is 20.8 Å². The van der Waals surface area contributed by atoms with E-state index in [0.717, 1.165) is 16.7 Å². The number of hydrogen-bond donors (Lipinski definition) is 3. The zero-order chi connectivity index (χ0) is 34.9. The van der Waals surface area contributed by atoms with Gasteiger partial charge in [-0.05, 0) is 65.2 Å². The van der Waals surface area contributed by atoms with Gasteiger partial charge in [-0.15, -0.1) is 0 Å². The van der Waals surface area contributed by atoms with Gasteiger partial charge in [-0.2, -0.15) is 0 Å². The van der Waals surface area contributed by atoms with Crippen molar-refractivity contribution in [2.75, 3.05) is 0 Å². The first-order valence-corrected chi connectivity index (χ1v) is 18.3. The molecule has 0 bridgehead atoms. The number of rotatable bonds is 8. The largest absolute Gasteiger partial charge is 0.241 e. The lowest BCUT2D eigenvalue weighted by molar-refractivity contribution is 0.563. The maximum absolute atomic E-state index is 11.1. The Morgan fingerprint density at radius 1 is 0.553 bits per heavy atom. The van der Waals surface area contributed by atoms with Crippen LogP contribution in [0.4, 0.5) is 0 Å². The molecular formula is C29H51N9O6S3. The van der Waals surface area contributed by atoms with Gasteiger partial charge in [0, 0.05) is 54.6 Å². The van der Waals surface area contributed by atoms with E-state index < -0.39 is 40.6 Å². The lowest BCUT2D eigenvalue weighted by Gasteiger charge is -2.16. The Morgan fingerprint density at radius 2 is 0.809 bits per heavy atom. The Bertz CT molecular complexity index is 1680. The molecule has 0 saturated heterocycles. The highest BCUT2D eigenvalue weighted by Gasteiger charge is 2.27. The standard InChI is InChI=1S/2C9H15N3O2S.C9H13N3O2S.2CH4/c3*1-6-4-11-9(12-5-6)7(2)8(3)15(10,13)14;;/h2*4-5,7-8H,1-3H3,(H2,10,13,14);4-5H,1-3H3,(H2,10,13,14);2*1H4/b;;8-7-;;/t2*7-,8+;;;/m10.../s1. The highest BCUT2D eigenvalue weighted by molar-refractivity contribution is 7.93. The van der Waals surface area contributed by atoms with Gasteiger partial charge in [-0.25, -0.2) is 70.6 Å². The summed E-state index contributed by atoms with van der Waals surface area (Å²) in [7, 11) is -10.7. The molecule has 18 heteroatoms. The summed E-state index contributed by atoms with van der Waals surface area (Å²) < 4.78 is 66.7. The van der Waals surface area contributed by atoms with E-state index in [0.29, 0.717) is 23.0 Å². The molecule has 0 radical (unpaired) electrons. The first-order chi connectivity index (χ1) is 20.5. The Balaban J connectivity index is 0. The number of aryl methyl sites for hydroxylation is 3. The van der Waals surface area contributed by atoms with Crippen LogP contribution in [0.3, 0.4) is 0 Å². The third kappa shape index (κ3) is 15.0. The zero-order valence-corrected chi connectivity index (χ0v) is 29.3. The van der Waals surface area contributed by atoms with Crippen molar-refractivity contribution < 1.29 is 25.3 Å². The Hall–Kier alpha value is -3.29. The molecule has 3 aromatic heterocycles. The fourth-order valence-corrected chi connectivity index (χ4v) is 5.12. The molecule has 4 atom stereocenters. The molecule has 0 unspecified atom stereocenters. The summed E-state index contributed by atoms with van der Waals surface area (Å²) in [6.07, 6.45) is 9.90. The molecule has 0 amide bonds. The van der Waals surface area contributed by atoms with Crippen LogP contribution in [0.5, 0.6) is 0 Å². The molecule has 0 spiro atoms. The molecule has 3 rings (SSSR count). The van der Waals surface area contributed by atoms with Crippen LogP contribution in [0.2, 0.25) is 0 Å². The van der Waals surface area contributed by atoms with Crippen LogP contribution in [-0.4, -0.2) is 65.7 Å². The van der Waals surface area contributed by atoms with E-state index in [1.807, 2.05) is 20.8 Å². The van der Waals surface area contributed by atoms with Gasteiger partial charge in [-0.3, -0.25) is 0 Å². The van der Waals surface area contributed by atoms with Crippen LogP contribution in [0.1, 0.15) is 102 Å². The van der Waals surface area contributed by atoms with Gasteiger partial charge in [0.2, 0.25) is 30.1 Å². The van der Waals surface area contributed by atoms with E-state index in [2.05, 4.69) is 29.9 Å². The summed E-state index contributed by atoms with van der Waals surface area (Å²) in [5.74, 6) is 0.776. The number of allylic oxidation sites excluding steroid dienone is 2. The molecule has 266 valence electrons. The van der Waals surface area contributed by atoms with Crippen molar-refractivity contribution in [2.24, 2.45) is 15.4 Å². The highest BCUT2D eigenvalue weighted by Crippen LogP contribution is 2.20. The molecule has 3 heterocycles. The number of aromatic nitrogens is 6. The molecule has 0 aliphatic rings. The molecule has 0 fully saturated rings. The second-order valence-corrected chi connectivity index (χ2v) is 16.3. The molecule has 3 aromatic rings. The predicted molar refractivity (Wildman–Crippen MR) is 187 cm³/mol. The summed E-state index contributed by atoms with van der Waals surface area (Å²) in [5, 5.41) is 13.8. The number of nitrogens with zero attached hydrogens (tertiary/aromatic N) is 6. The second kappa shape index (κ2) is 18.9. The van der Waals surface area contributed by atoms with Gasteiger partial charge < -0.3 is 0 Å². The fraction of sp³-hybridized carbons (Fsp3) is 0.517. The summed E-state index contributed by atoms with van der Waals surface area (Å²) in [5.41, 5.74) is 3.26. The van der Waals surface area contributed by atoms with Crippen molar-refractivity contribution in [2.45, 2.75) is 99.5 Å². The molecule has 47 heavy (non-hydrogen) atoms. The maximum Gasteiger partial charge on any atom is 0.234 e. The van der Waals surface area contributed by atoms with E-state index in [1.54, 1.807) is 71.8 Å². The number of nitrogens with two attached hydrogens (primary N) is 3. The molecule has 15 nitrogen and oxygen atoms in total. The summed E-state index contributed by atoms with van der Waals surface area (Å²) >= 11 is 0. The topological polar surface area (TPSA) is 258 Å². The second-order valence-electron chi connectivity index (χ2n) is 10.7. The third-order valence-electron chi connectivity index (χ3n) is 6.93. The van der Waals surface area contributed by atoms with Gasteiger partial charge in [0.15, 0.2) is 5.82 Å². The average molecular weight is 718 g/mol. The Kier molecular flexibility index (Phi) is 18.4. The van der Waals surface area contributed by atoms with Gasteiger partial charge >= 0.3 is 0 Å². The van der Waals surface area contributed by atoms with Gasteiger partial charge in [-0.1, -0.05) is 28.7 Å². The first kappa shape index (κ1) is 45.8. The van der Waals surface area contributed by atoms with Crippen molar-refractivity contribution >= 4 is 35.6 Å². The van der Waals surface area contributed by atoms with Crippen molar-refractivity contribution in [3.05, 3.63) is 76.2 Å².